The first-order valence-electron chi connectivity index (χ1n) is 7.28. The van der Waals surface area contributed by atoms with Crippen molar-refractivity contribution in [1.82, 2.24) is 10.2 Å². The molecule has 2 aromatic heterocycles. The van der Waals surface area contributed by atoms with Gasteiger partial charge in [-0.25, -0.2) is 0 Å². The van der Waals surface area contributed by atoms with Gasteiger partial charge in [0.25, 0.3) is 5.91 Å². The number of benzene rings is 1. The fourth-order valence-electron chi connectivity index (χ4n) is 1.92. The van der Waals surface area contributed by atoms with E-state index in [1.165, 1.54) is 29.4 Å². The van der Waals surface area contributed by atoms with Crippen LogP contribution in [-0.4, -0.2) is 27.8 Å². The second-order valence-electron chi connectivity index (χ2n) is 4.92. The summed E-state index contributed by atoms with van der Waals surface area (Å²) >= 11 is 2.69. The van der Waals surface area contributed by atoms with Crippen LogP contribution in [0.5, 0.6) is 0 Å². The highest BCUT2D eigenvalue weighted by Gasteiger charge is 2.10. The van der Waals surface area contributed by atoms with E-state index in [1.807, 2.05) is 19.1 Å². The predicted octanol–water partition coefficient (Wildman–Crippen LogP) is 3.42. The van der Waals surface area contributed by atoms with E-state index in [2.05, 4.69) is 20.8 Å². The summed E-state index contributed by atoms with van der Waals surface area (Å²) in [4.78, 5) is 24.8. The van der Waals surface area contributed by atoms with E-state index in [0.29, 0.717) is 10.8 Å². The van der Waals surface area contributed by atoms with Gasteiger partial charge in [0.2, 0.25) is 11.0 Å². The van der Waals surface area contributed by atoms with Crippen molar-refractivity contribution in [3.05, 3.63) is 53.4 Å². The average Bonchev–Trinajstić information content (AvgIpc) is 3.25. The van der Waals surface area contributed by atoms with Gasteiger partial charge in [0, 0.05) is 10.6 Å². The normalized spacial score (nSPS) is 10.4. The molecule has 0 aliphatic heterocycles. The number of hydrogen-bond acceptors (Lipinski definition) is 7. The lowest BCUT2D eigenvalue weighted by molar-refractivity contribution is -0.113. The number of amides is 2. The number of rotatable bonds is 6. The maximum atomic E-state index is 12.0. The van der Waals surface area contributed by atoms with Gasteiger partial charge in [0.05, 0.1) is 12.0 Å². The zero-order valence-electron chi connectivity index (χ0n) is 13.2. The first kappa shape index (κ1) is 17.2. The quantitative estimate of drug-likeness (QED) is 0.642. The van der Waals surface area contributed by atoms with Gasteiger partial charge < -0.3 is 9.73 Å². The number of carbonyl (C=O) groups is 2. The summed E-state index contributed by atoms with van der Waals surface area (Å²) in [6.45, 7) is 1.82. The minimum absolute atomic E-state index is 0.161. The Balaban J connectivity index is 1.54. The van der Waals surface area contributed by atoms with Crippen molar-refractivity contribution in [1.29, 1.82) is 0 Å². The van der Waals surface area contributed by atoms with E-state index in [-0.39, 0.29) is 23.3 Å². The van der Waals surface area contributed by atoms with Crippen molar-refractivity contribution < 1.29 is 14.0 Å². The number of aryl methyl sites for hydroxylation is 1. The number of nitrogens with one attached hydrogen (secondary N) is 2. The van der Waals surface area contributed by atoms with Gasteiger partial charge in [-0.1, -0.05) is 17.4 Å². The molecular formula is C16H14N4O3S2. The molecule has 2 heterocycles. The first-order valence-corrected chi connectivity index (χ1v) is 9.08. The Kier molecular flexibility index (Phi) is 5.46. The maximum Gasteiger partial charge on any atom is 0.291 e. The van der Waals surface area contributed by atoms with Gasteiger partial charge in [-0.15, -0.1) is 22.0 Å². The highest BCUT2D eigenvalue weighted by atomic mass is 32.2. The number of nitrogens with zero attached hydrogens (tertiary/aromatic N) is 2. The molecule has 0 saturated carbocycles. The Labute approximate surface area is 151 Å². The molecule has 25 heavy (non-hydrogen) atoms. The highest BCUT2D eigenvalue weighted by molar-refractivity contribution is 8.00. The third-order valence-corrected chi connectivity index (χ3v) is 4.73. The summed E-state index contributed by atoms with van der Waals surface area (Å²) < 4.78 is 5.05. The van der Waals surface area contributed by atoms with E-state index >= 15 is 0 Å². The zero-order chi connectivity index (χ0) is 17.6. The van der Waals surface area contributed by atoms with Crippen molar-refractivity contribution in [2.24, 2.45) is 0 Å². The largest absolute Gasteiger partial charge is 0.459 e. The van der Waals surface area contributed by atoms with Crippen LogP contribution in [0.15, 0.2) is 52.0 Å². The van der Waals surface area contributed by atoms with Crippen molar-refractivity contribution in [3.8, 4) is 0 Å². The van der Waals surface area contributed by atoms with E-state index in [9.17, 15) is 9.59 Å². The Morgan fingerprint density at radius 2 is 2.08 bits per heavy atom. The van der Waals surface area contributed by atoms with Gasteiger partial charge in [-0.2, -0.15) is 0 Å². The van der Waals surface area contributed by atoms with Crippen LogP contribution < -0.4 is 10.6 Å². The fourth-order valence-corrected chi connectivity index (χ4v) is 3.28. The monoisotopic (exact) mass is 374 g/mol. The molecule has 0 fully saturated rings. The number of aromatic nitrogens is 2. The van der Waals surface area contributed by atoms with Crippen LogP contribution in [0.3, 0.4) is 0 Å². The molecule has 0 unspecified atom stereocenters. The SMILES string of the molecule is Cc1nnc(NC(=O)CSc2cccc(NC(=O)c3ccco3)c2)s1. The summed E-state index contributed by atoms with van der Waals surface area (Å²) in [6, 6.07) is 10.5. The summed E-state index contributed by atoms with van der Waals surface area (Å²) in [5.41, 5.74) is 0.631. The van der Waals surface area contributed by atoms with Crippen molar-refractivity contribution in [3.63, 3.8) is 0 Å². The number of furan rings is 1. The van der Waals surface area contributed by atoms with Crippen molar-refractivity contribution >= 4 is 45.7 Å². The van der Waals surface area contributed by atoms with Gasteiger partial charge in [-0.3, -0.25) is 14.9 Å². The molecule has 0 saturated heterocycles. The molecule has 0 atom stereocenters. The lowest BCUT2D eigenvalue weighted by Gasteiger charge is -2.06. The summed E-state index contributed by atoms with van der Waals surface area (Å²) in [5.74, 6) is -0.0127. The molecule has 0 aliphatic carbocycles. The number of anilines is 2. The summed E-state index contributed by atoms with van der Waals surface area (Å²) in [5, 5.41) is 14.4. The molecule has 128 valence electrons. The standard InChI is InChI=1S/C16H14N4O3S2/c1-10-19-20-16(25-10)18-14(21)9-24-12-5-2-4-11(8-12)17-15(22)13-6-3-7-23-13/h2-8H,9H2,1H3,(H,17,22)(H,18,20,21). The molecule has 2 amide bonds. The Hall–Kier alpha value is -2.65. The third kappa shape index (κ3) is 4.91. The smallest absolute Gasteiger partial charge is 0.291 e. The van der Waals surface area contributed by atoms with Gasteiger partial charge in [0.1, 0.15) is 5.01 Å². The highest BCUT2D eigenvalue weighted by Crippen LogP contribution is 2.23. The van der Waals surface area contributed by atoms with E-state index in [0.717, 1.165) is 9.90 Å². The summed E-state index contributed by atoms with van der Waals surface area (Å²) in [6.07, 6.45) is 1.44. The Morgan fingerprint density at radius 1 is 1.20 bits per heavy atom. The topological polar surface area (TPSA) is 97.1 Å². The van der Waals surface area contributed by atoms with Crippen molar-refractivity contribution in [2.75, 3.05) is 16.4 Å². The molecule has 3 rings (SSSR count). The molecule has 0 aliphatic rings. The van der Waals surface area contributed by atoms with Crippen LogP contribution in [0.25, 0.3) is 0 Å². The molecule has 9 heteroatoms. The molecule has 3 aromatic rings. The molecule has 2 N–H and O–H groups in total. The number of hydrogen-bond donors (Lipinski definition) is 2. The van der Waals surface area contributed by atoms with Crippen molar-refractivity contribution in [2.45, 2.75) is 11.8 Å². The molecule has 0 radical (unpaired) electrons. The minimum atomic E-state index is -0.323. The Bertz CT molecular complexity index is 877. The number of carbonyl (C=O) groups excluding carboxylic acids is 2. The van der Waals surface area contributed by atoms with Crippen LogP contribution in [0.1, 0.15) is 15.6 Å². The van der Waals surface area contributed by atoms with Crippen LogP contribution >= 0.6 is 23.1 Å². The zero-order valence-corrected chi connectivity index (χ0v) is 14.8. The second kappa shape index (κ2) is 7.95. The lowest BCUT2D eigenvalue weighted by atomic mass is 10.3. The Morgan fingerprint density at radius 3 is 2.80 bits per heavy atom. The van der Waals surface area contributed by atoms with E-state index < -0.39 is 0 Å². The lowest BCUT2D eigenvalue weighted by Crippen LogP contribution is -2.14. The third-order valence-electron chi connectivity index (χ3n) is 2.98. The molecule has 0 bridgehead atoms. The van der Waals surface area contributed by atoms with Gasteiger partial charge in [-0.05, 0) is 37.3 Å². The van der Waals surface area contributed by atoms with E-state index in [1.54, 1.807) is 24.3 Å². The molecule has 0 spiro atoms. The molecule has 7 nitrogen and oxygen atoms in total. The maximum absolute atomic E-state index is 12.0. The van der Waals surface area contributed by atoms with Crippen LogP contribution in [0.4, 0.5) is 10.8 Å². The van der Waals surface area contributed by atoms with Crippen LogP contribution in [0.2, 0.25) is 0 Å². The average molecular weight is 374 g/mol. The molecular weight excluding hydrogens is 360 g/mol. The molecule has 1 aromatic carbocycles. The summed E-state index contributed by atoms with van der Waals surface area (Å²) in [7, 11) is 0. The fraction of sp³-hybridized carbons (Fsp3) is 0.125. The van der Waals surface area contributed by atoms with Crippen LogP contribution in [-0.2, 0) is 4.79 Å². The first-order chi connectivity index (χ1) is 12.1. The minimum Gasteiger partial charge on any atom is -0.459 e. The second-order valence-corrected chi connectivity index (χ2v) is 7.15. The van der Waals surface area contributed by atoms with E-state index in [4.69, 9.17) is 4.42 Å². The number of thioether (sulfide) groups is 1. The van der Waals surface area contributed by atoms with Crippen LogP contribution in [0, 0.1) is 6.92 Å². The van der Waals surface area contributed by atoms with Gasteiger partial charge >= 0.3 is 0 Å². The predicted molar refractivity (Wildman–Crippen MR) is 97.1 cm³/mol. The van der Waals surface area contributed by atoms with Gasteiger partial charge in [0.15, 0.2) is 5.76 Å².